The molecule has 2 atom stereocenters. The van der Waals surface area contributed by atoms with Gasteiger partial charge in [0.25, 0.3) is 0 Å². The van der Waals surface area contributed by atoms with E-state index >= 15 is 0 Å². The summed E-state index contributed by atoms with van der Waals surface area (Å²) in [5, 5.41) is 16.4. The van der Waals surface area contributed by atoms with Crippen molar-refractivity contribution in [2.45, 2.75) is 45.2 Å². The van der Waals surface area contributed by atoms with Gasteiger partial charge in [0.05, 0.1) is 13.2 Å². The van der Waals surface area contributed by atoms with Gasteiger partial charge in [0, 0.05) is 25.2 Å². The Kier molecular flexibility index (Phi) is 4.54. The van der Waals surface area contributed by atoms with Crippen LogP contribution in [0.1, 0.15) is 25.5 Å². The summed E-state index contributed by atoms with van der Waals surface area (Å²) in [5.74, 6) is -0.554. The first-order chi connectivity index (χ1) is 9.75. The average Bonchev–Trinajstić information content (AvgIpc) is 2.82. The van der Waals surface area contributed by atoms with Crippen molar-refractivity contribution in [3.8, 4) is 0 Å². The Hall–Kier alpha value is -1.19. The van der Waals surface area contributed by atoms with E-state index in [1.165, 1.54) is 0 Å². The van der Waals surface area contributed by atoms with Crippen molar-refractivity contribution in [2.75, 3.05) is 13.2 Å². The lowest BCUT2D eigenvalue weighted by molar-refractivity contribution is -0.148. The Balaban J connectivity index is 2.18. The number of aromatic nitrogens is 3. The highest BCUT2D eigenvalue weighted by Gasteiger charge is 2.40. The van der Waals surface area contributed by atoms with Gasteiger partial charge in [0.1, 0.15) is 5.82 Å². The molecule has 0 radical (unpaired) electrons. The molecule has 0 aliphatic carbocycles. The molecule has 3 N–H and O–H groups in total. The molecule has 0 fully saturated rings. The van der Waals surface area contributed by atoms with Crippen LogP contribution in [0.2, 0.25) is 0 Å². The second-order valence-electron chi connectivity index (χ2n) is 5.63. The first-order valence-corrected chi connectivity index (χ1v) is 6.85. The number of rotatable bonds is 4. The molecular weight excluding hydrogens is 287 g/mol. The first kappa shape index (κ1) is 16.2. The molecule has 1 aliphatic rings. The van der Waals surface area contributed by atoms with Gasteiger partial charge in [-0.2, -0.15) is 13.2 Å². The van der Waals surface area contributed by atoms with Crippen LogP contribution in [-0.2, 0) is 19.3 Å². The molecule has 1 aliphatic heterocycles. The predicted octanol–water partition coefficient (Wildman–Crippen LogP) is 0.457. The maximum absolute atomic E-state index is 12.8. The smallest absolute Gasteiger partial charge is 0.395 e. The Morgan fingerprint density at radius 1 is 1.29 bits per heavy atom. The third-order valence-electron chi connectivity index (χ3n) is 3.91. The van der Waals surface area contributed by atoms with E-state index in [9.17, 15) is 18.3 Å². The molecule has 0 bridgehead atoms. The Labute approximate surface area is 120 Å². The lowest BCUT2D eigenvalue weighted by Crippen LogP contribution is -2.54. The van der Waals surface area contributed by atoms with Crippen LogP contribution in [0.3, 0.4) is 0 Å². The van der Waals surface area contributed by atoms with Crippen molar-refractivity contribution >= 4 is 0 Å². The van der Waals surface area contributed by atoms with E-state index in [2.05, 4.69) is 10.2 Å². The summed E-state index contributed by atoms with van der Waals surface area (Å²) in [5.41, 5.74) is 6.07. The van der Waals surface area contributed by atoms with Crippen molar-refractivity contribution in [1.82, 2.24) is 19.7 Å². The molecule has 0 saturated carbocycles. The van der Waals surface area contributed by atoms with Crippen LogP contribution in [0, 0.1) is 5.92 Å². The maximum Gasteiger partial charge on any atom is 0.451 e. The van der Waals surface area contributed by atoms with Gasteiger partial charge in [-0.3, -0.25) is 4.90 Å². The standard InChI is InChI=1S/C12H20F3N5O/c1-7(2)10(16)8(6-21)19-3-4-20-9(5-19)17-18-11(20)12(13,14)15/h7-8,10,21H,3-6,16H2,1-2H3. The van der Waals surface area contributed by atoms with Gasteiger partial charge < -0.3 is 15.4 Å². The number of aliphatic hydroxyl groups is 1. The molecule has 0 amide bonds. The Morgan fingerprint density at radius 2 is 1.95 bits per heavy atom. The second kappa shape index (κ2) is 5.90. The molecule has 2 unspecified atom stereocenters. The maximum atomic E-state index is 12.8. The molecule has 0 spiro atoms. The van der Waals surface area contributed by atoms with Gasteiger partial charge in [0.15, 0.2) is 0 Å². The number of fused-ring (bicyclic) bond motifs is 1. The normalized spacial score (nSPS) is 19.6. The Morgan fingerprint density at radius 3 is 2.48 bits per heavy atom. The number of nitrogens with zero attached hydrogens (tertiary/aromatic N) is 4. The minimum Gasteiger partial charge on any atom is -0.395 e. The highest BCUT2D eigenvalue weighted by Crippen LogP contribution is 2.30. The fourth-order valence-corrected chi connectivity index (χ4v) is 2.59. The molecule has 21 heavy (non-hydrogen) atoms. The quantitative estimate of drug-likeness (QED) is 0.844. The van der Waals surface area contributed by atoms with Gasteiger partial charge in [-0.25, -0.2) is 0 Å². The molecule has 9 heteroatoms. The number of hydrogen-bond acceptors (Lipinski definition) is 5. The highest BCUT2D eigenvalue weighted by atomic mass is 19.4. The van der Waals surface area contributed by atoms with Gasteiger partial charge in [-0.1, -0.05) is 13.8 Å². The lowest BCUT2D eigenvalue weighted by atomic mass is 9.96. The lowest BCUT2D eigenvalue weighted by Gasteiger charge is -2.38. The molecule has 1 aromatic heterocycles. The van der Waals surface area contributed by atoms with E-state index in [4.69, 9.17) is 5.73 Å². The van der Waals surface area contributed by atoms with Gasteiger partial charge in [-0.05, 0) is 5.92 Å². The largest absolute Gasteiger partial charge is 0.451 e. The second-order valence-corrected chi connectivity index (χ2v) is 5.63. The fraction of sp³-hybridized carbons (Fsp3) is 0.833. The molecule has 2 rings (SSSR count). The van der Waals surface area contributed by atoms with Gasteiger partial charge in [-0.15, -0.1) is 10.2 Å². The Bertz CT molecular complexity index is 488. The SMILES string of the molecule is CC(C)C(N)C(CO)N1CCn2c(nnc2C(F)(F)F)C1. The third-order valence-corrected chi connectivity index (χ3v) is 3.91. The molecule has 1 aromatic rings. The summed E-state index contributed by atoms with van der Waals surface area (Å²) >= 11 is 0. The summed E-state index contributed by atoms with van der Waals surface area (Å²) in [6.07, 6.45) is -4.50. The van der Waals surface area contributed by atoms with Crippen LogP contribution in [0.4, 0.5) is 13.2 Å². The number of halogens is 3. The van der Waals surface area contributed by atoms with E-state index in [-0.39, 0.29) is 43.5 Å². The number of hydrogen-bond donors (Lipinski definition) is 2. The number of alkyl halides is 3. The van der Waals surface area contributed by atoms with Crippen molar-refractivity contribution < 1.29 is 18.3 Å². The van der Waals surface area contributed by atoms with Crippen LogP contribution in [0.15, 0.2) is 0 Å². The monoisotopic (exact) mass is 307 g/mol. The molecule has 0 aromatic carbocycles. The molecule has 6 nitrogen and oxygen atoms in total. The summed E-state index contributed by atoms with van der Waals surface area (Å²) in [6, 6.07) is -0.559. The molecule has 120 valence electrons. The van der Waals surface area contributed by atoms with Crippen molar-refractivity contribution in [3.63, 3.8) is 0 Å². The van der Waals surface area contributed by atoms with E-state index in [0.717, 1.165) is 4.57 Å². The van der Waals surface area contributed by atoms with Crippen LogP contribution < -0.4 is 5.73 Å². The van der Waals surface area contributed by atoms with Crippen LogP contribution in [0.5, 0.6) is 0 Å². The molecular formula is C12H20F3N5O. The molecule has 2 heterocycles. The predicted molar refractivity (Wildman–Crippen MR) is 69.1 cm³/mol. The van der Waals surface area contributed by atoms with E-state index in [1.807, 2.05) is 18.7 Å². The number of nitrogens with two attached hydrogens (primary N) is 1. The summed E-state index contributed by atoms with van der Waals surface area (Å²) in [6.45, 7) is 4.47. The van der Waals surface area contributed by atoms with Gasteiger partial charge >= 0.3 is 6.18 Å². The number of aliphatic hydroxyl groups excluding tert-OH is 1. The van der Waals surface area contributed by atoms with Crippen LogP contribution in [0.25, 0.3) is 0 Å². The van der Waals surface area contributed by atoms with Crippen LogP contribution >= 0.6 is 0 Å². The zero-order valence-electron chi connectivity index (χ0n) is 12.0. The van der Waals surface area contributed by atoms with Crippen molar-refractivity contribution in [3.05, 3.63) is 11.6 Å². The van der Waals surface area contributed by atoms with E-state index in [1.54, 1.807) is 0 Å². The summed E-state index contributed by atoms with van der Waals surface area (Å²) in [7, 11) is 0. The van der Waals surface area contributed by atoms with Crippen molar-refractivity contribution in [2.24, 2.45) is 11.7 Å². The van der Waals surface area contributed by atoms with Crippen molar-refractivity contribution in [1.29, 1.82) is 0 Å². The summed E-state index contributed by atoms with van der Waals surface area (Å²) < 4.78 is 39.4. The minimum atomic E-state index is -4.50. The van der Waals surface area contributed by atoms with E-state index in [0.29, 0.717) is 6.54 Å². The van der Waals surface area contributed by atoms with E-state index < -0.39 is 12.0 Å². The topological polar surface area (TPSA) is 80.2 Å². The third kappa shape index (κ3) is 3.19. The summed E-state index contributed by atoms with van der Waals surface area (Å²) in [4.78, 5) is 1.87. The zero-order valence-corrected chi connectivity index (χ0v) is 12.0. The zero-order chi connectivity index (χ0) is 15.8. The fourth-order valence-electron chi connectivity index (χ4n) is 2.59. The van der Waals surface area contributed by atoms with Gasteiger partial charge in [0.2, 0.25) is 5.82 Å². The highest BCUT2D eigenvalue weighted by molar-refractivity contribution is 5.03. The minimum absolute atomic E-state index is 0.137. The van der Waals surface area contributed by atoms with Crippen LogP contribution in [-0.4, -0.2) is 50.0 Å². The molecule has 0 saturated heterocycles. The first-order valence-electron chi connectivity index (χ1n) is 6.85. The average molecular weight is 307 g/mol.